The molecule has 0 amide bonds. The molecular formula is C16H22N2. The van der Waals surface area contributed by atoms with Gasteiger partial charge in [0.05, 0.1) is 6.04 Å². The van der Waals surface area contributed by atoms with Crippen LogP contribution in [0.15, 0.2) is 30.3 Å². The summed E-state index contributed by atoms with van der Waals surface area (Å²) in [5.74, 6) is 2.75. The molecule has 1 N–H and O–H groups in total. The lowest BCUT2D eigenvalue weighted by atomic mass is 10.0. The predicted molar refractivity (Wildman–Crippen MR) is 76.2 cm³/mol. The van der Waals surface area contributed by atoms with Crippen molar-refractivity contribution in [2.45, 2.75) is 38.4 Å². The molecule has 18 heavy (non-hydrogen) atoms. The van der Waals surface area contributed by atoms with E-state index in [2.05, 4.69) is 53.4 Å². The Hall–Kier alpha value is -1.30. The maximum absolute atomic E-state index is 5.42. The summed E-state index contributed by atoms with van der Waals surface area (Å²) >= 11 is 0. The summed E-state index contributed by atoms with van der Waals surface area (Å²) in [4.78, 5) is 2.51. The Morgan fingerprint density at radius 3 is 2.94 bits per heavy atom. The Morgan fingerprint density at radius 1 is 1.44 bits per heavy atom. The van der Waals surface area contributed by atoms with Crippen molar-refractivity contribution in [1.29, 1.82) is 0 Å². The van der Waals surface area contributed by atoms with E-state index in [4.69, 9.17) is 6.42 Å². The van der Waals surface area contributed by atoms with Gasteiger partial charge < -0.3 is 0 Å². The van der Waals surface area contributed by atoms with Gasteiger partial charge in [-0.3, -0.25) is 10.2 Å². The fourth-order valence-electron chi connectivity index (χ4n) is 2.58. The lowest BCUT2D eigenvalue weighted by Gasteiger charge is -2.34. The van der Waals surface area contributed by atoms with E-state index >= 15 is 0 Å². The number of piperidine rings is 1. The Kier molecular flexibility index (Phi) is 4.81. The van der Waals surface area contributed by atoms with Gasteiger partial charge in [-0.05, 0) is 31.9 Å². The molecule has 2 heteroatoms. The summed E-state index contributed by atoms with van der Waals surface area (Å²) in [6.45, 7) is 5.39. The zero-order valence-electron chi connectivity index (χ0n) is 11.1. The van der Waals surface area contributed by atoms with E-state index in [0.717, 1.165) is 13.1 Å². The first-order chi connectivity index (χ1) is 8.78. The molecule has 0 aliphatic carbocycles. The van der Waals surface area contributed by atoms with Crippen molar-refractivity contribution >= 4 is 0 Å². The average molecular weight is 242 g/mol. The van der Waals surface area contributed by atoms with E-state index < -0.39 is 0 Å². The van der Waals surface area contributed by atoms with Crippen LogP contribution in [-0.2, 0) is 6.54 Å². The van der Waals surface area contributed by atoms with Gasteiger partial charge in [0.25, 0.3) is 0 Å². The van der Waals surface area contributed by atoms with Gasteiger partial charge in [0.2, 0.25) is 0 Å². The van der Waals surface area contributed by atoms with Crippen molar-refractivity contribution < 1.29 is 0 Å². The SMILES string of the molecule is C#CC(C)NC1CCCN(Cc2ccccc2)C1. The maximum atomic E-state index is 5.42. The van der Waals surface area contributed by atoms with Crippen LogP contribution in [0.2, 0.25) is 0 Å². The zero-order chi connectivity index (χ0) is 12.8. The molecule has 1 fully saturated rings. The predicted octanol–water partition coefficient (Wildman–Crippen LogP) is 2.26. The topological polar surface area (TPSA) is 15.3 Å². The Labute approximate surface area is 110 Å². The van der Waals surface area contributed by atoms with Crippen LogP contribution in [0.4, 0.5) is 0 Å². The van der Waals surface area contributed by atoms with Crippen molar-refractivity contribution in [2.75, 3.05) is 13.1 Å². The van der Waals surface area contributed by atoms with E-state index in [0.29, 0.717) is 6.04 Å². The third kappa shape index (κ3) is 3.87. The number of hydrogen-bond donors (Lipinski definition) is 1. The molecule has 2 unspecified atom stereocenters. The number of likely N-dealkylation sites (tertiary alicyclic amines) is 1. The van der Waals surface area contributed by atoms with Gasteiger partial charge in [-0.2, -0.15) is 0 Å². The summed E-state index contributed by atoms with van der Waals surface area (Å²) in [5.41, 5.74) is 1.39. The smallest absolute Gasteiger partial charge is 0.0660 e. The number of nitrogens with zero attached hydrogens (tertiary/aromatic N) is 1. The molecule has 0 aromatic heterocycles. The lowest BCUT2D eigenvalue weighted by Crippen LogP contribution is -2.47. The molecular weight excluding hydrogens is 220 g/mol. The van der Waals surface area contributed by atoms with Gasteiger partial charge in [-0.25, -0.2) is 0 Å². The highest BCUT2D eigenvalue weighted by Crippen LogP contribution is 2.14. The highest BCUT2D eigenvalue weighted by atomic mass is 15.2. The third-order valence-corrected chi connectivity index (χ3v) is 3.49. The van der Waals surface area contributed by atoms with E-state index in [1.807, 2.05) is 0 Å². The summed E-state index contributed by atoms with van der Waals surface area (Å²) in [6.07, 6.45) is 7.91. The van der Waals surface area contributed by atoms with E-state index in [-0.39, 0.29) is 6.04 Å². The van der Waals surface area contributed by atoms with Crippen LogP contribution in [0.1, 0.15) is 25.3 Å². The molecule has 1 aliphatic heterocycles. The molecule has 1 aromatic rings. The molecule has 96 valence electrons. The van der Waals surface area contributed by atoms with E-state index in [9.17, 15) is 0 Å². The number of hydrogen-bond acceptors (Lipinski definition) is 2. The van der Waals surface area contributed by atoms with Crippen LogP contribution in [-0.4, -0.2) is 30.1 Å². The summed E-state index contributed by atoms with van der Waals surface area (Å²) in [6, 6.07) is 11.4. The molecule has 1 saturated heterocycles. The maximum Gasteiger partial charge on any atom is 0.0660 e. The van der Waals surface area contributed by atoms with Crippen molar-refractivity contribution in [3.8, 4) is 12.3 Å². The second-order valence-electron chi connectivity index (χ2n) is 5.11. The number of rotatable bonds is 4. The molecule has 1 aliphatic rings. The Bertz CT molecular complexity index is 393. The van der Waals surface area contributed by atoms with Gasteiger partial charge in [-0.1, -0.05) is 36.3 Å². The van der Waals surface area contributed by atoms with Crippen molar-refractivity contribution in [3.05, 3.63) is 35.9 Å². The molecule has 1 aromatic carbocycles. The molecule has 2 atom stereocenters. The minimum atomic E-state index is 0.173. The molecule has 0 spiro atoms. The molecule has 1 heterocycles. The first-order valence-corrected chi connectivity index (χ1v) is 6.76. The first kappa shape index (κ1) is 13.1. The van der Waals surface area contributed by atoms with Crippen LogP contribution < -0.4 is 5.32 Å². The summed E-state index contributed by atoms with van der Waals surface area (Å²) < 4.78 is 0. The number of benzene rings is 1. The average Bonchev–Trinajstić information content (AvgIpc) is 2.40. The Balaban J connectivity index is 1.85. The second kappa shape index (κ2) is 6.58. The third-order valence-electron chi connectivity index (χ3n) is 3.49. The van der Waals surface area contributed by atoms with Crippen LogP contribution in [0, 0.1) is 12.3 Å². The van der Waals surface area contributed by atoms with Crippen LogP contribution >= 0.6 is 0 Å². The Morgan fingerprint density at radius 2 is 2.22 bits per heavy atom. The molecule has 2 nitrogen and oxygen atoms in total. The van der Waals surface area contributed by atoms with Crippen LogP contribution in [0.25, 0.3) is 0 Å². The second-order valence-corrected chi connectivity index (χ2v) is 5.11. The number of terminal acetylenes is 1. The largest absolute Gasteiger partial charge is 0.300 e. The fourth-order valence-corrected chi connectivity index (χ4v) is 2.58. The lowest BCUT2D eigenvalue weighted by molar-refractivity contribution is 0.181. The first-order valence-electron chi connectivity index (χ1n) is 6.76. The van der Waals surface area contributed by atoms with Crippen LogP contribution in [0.3, 0.4) is 0 Å². The van der Waals surface area contributed by atoms with Crippen molar-refractivity contribution in [2.24, 2.45) is 0 Å². The number of nitrogens with one attached hydrogen (secondary N) is 1. The minimum Gasteiger partial charge on any atom is -0.300 e. The monoisotopic (exact) mass is 242 g/mol. The van der Waals surface area contributed by atoms with Gasteiger partial charge in [0.1, 0.15) is 0 Å². The zero-order valence-corrected chi connectivity index (χ0v) is 11.1. The van der Waals surface area contributed by atoms with Crippen molar-refractivity contribution in [1.82, 2.24) is 10.2 Å². The quantitative estimate of drug-likeness (QED) is 0.815. The fraction of sp³-hybridized carbons (Fsp3) is 0.500. The highest BCUT2D eigenvalue weighted by molar-refractivity contribution is 5.14. The summed E-state index contributed by atoms with van der Waals surface area (Å²) in [5, 5.41) is 3.51. The van der Waals surface area contributed by atoms with E-state index in [1.165, 1.54) is 24.9 Å². The highest BCUT2D eigenvalue weighted by Gasteiger charge is 2.20. The standard InChI is InChI=1S/C16H22N2/c1-3-14(2)17-16-10-7-11-18(13-16)12-15-8-5-4-6-9-15/h1,4-6,8-9,14,16-17H,7,10-13H2,2H3. The van der Waals surface area contributed by atoms with Crippen molar-refractivity contribution in [3.63, 3.8) is 0 Å². The van der Waals surface area contributed by atoms with Gasteiger partial charge >= 0.3 is 0 Å². The summed E-state index contributed by atoms with van der Waals surface area (Å²) in [7, 11) is 0. The van der Waals surface area contributed by atoms with Gasteiger partial charge in [-0.15, -0.1) is 6.42 Å². The molecule has 0 bridgehead atoms. The minimum absolute atomic E-state index is 0.173. The molecule has 0 radical (unpaired) electrons. The molecule has 0 saturated carbocycles. The van der Waals surface area contributed by atoms with Gasteiger partial charge in [0.15, 0.2) is 0 Å². The van der Waals surface area contributed by atoms with Crippen LogP contribution in [0.5, 0.6) is 0 Å². The van der Waals surface area contributed by atoms with E-state index in [1.54, 1.807) is 0 Å². The van der Waals surface area contributed by atoms with Gasteiger partial charge in [0, 0.05) is 19.1 Å². The molecule has 2 rings (SSSR count). The normalized spacial score (nSPS) is 22.3.